The second-order valence-corrected chi connectivity index (χ2v) is 7.20. The van der Waals surface area contributed by atoms with Gasteiger partial charge in [-0.2, -0.15) is 0 Å². The minimum Gasteiger partial charge on any atom is -0.370 e. The van der Waals surface area contributed by atoms with E-state index in [4.69, 9.17) is 0 Å². The van der Waals surface area contributed by atoms with Gasteiger partial charge < -0.3 is 10.6 Å². The van der Waals surface area contributed by atoms with E-state index in [0.29, 0.717) is 6.42 Å². The van der Waals surface area contributed by atoms with Crippen molar-refractivity contribution < 1.29 is 9.59 Å². The van der Waals surface area contributed by atoms with E-state index >= 15 is 0 Å². The van der Waals surface area contributed by atoms with Crippen molar-refractivity contribution in [1.29, 1.82) is 0 Å². The molecule has 1 saturated heterocycles. The first-order chi connectivity index (χ1) is 12.0. The Morgan fingerprint density at radius 2 is 2.20 bits per heavy atom. The number of hydrogen-bond donors (Lipinski definition) is 2. The van der Waals surface area contributed by atoms with E-state index in [-0.39, 0.29) is 23.8 Å². The quantitative estimate of drug-likeness (QED) is 0.785. The number of likely N-dealkylation sites (tertiary alicyclic amines) is 1. The van der Waals surface area contributed by atoms with Crippen LogP contribution in [0.15, 0.2) is 12.1 Å². The molecule has 0 aliphatic carbocycles. The number of carbonyl (C=O) groups is 2. The third-order valence-corrected chi connectivity index (χ3v) is 5.20. The summed E-state index contributed by atoms with van der Waals surface area (Å²) in [6, 6.07) is 4.37. The fourth-order valence-electron chi connectivity index (χ4n) is 3.42. The molecule has 1 amide bonds. The monoisotopic (exact) mass is 344 g/mol. The van der Waals surface area contributed by atoms with Crippen molar-refractivity contribution in [3.05, 3.63) is 23.4 Å². The van der Waals surface area contributed by atoms with Crippen molar-refractivity contribution in [2.75, 3.05) is 25.0 Å². The van der Waals surface area contributed by atoms with E-state index < -0.39 is 0 Å². The second-order valence-electron chi connectivity index (χ2n) is 7.20. The first kappa shape index (κ1) is 17.9. The van der Waals surface area contributed by atoms with Crippen LogP contribution in [0.2, 0.25) is 0 Å². The molecule has 0 bridgehead atoms. The number of aromatic nitrogens is 1. The maximum absolute atomic E-state index is 12.1. The highest BCUT2D eigenvalue weighted by atomic mass is 16.1. The van der Waals surface area contributed by atoms with Crippen LogP contribution in [-0.2, 0) is 22.4 Å². The van der Waals surface area contributed by atoms with Gasteiger partial charge in [0, 0.05) is 31.7 Å². The lowest BCUT2D eigenvalue weighted by molar-refractivity contribution is -0.125. The summed E-state index contributed by atoms with van der Waals surface area (Å²) in [5, 5.41) is 6.40. The molecule has 6 nitrogen and oxygen atoms in total. The van der Waals surface area contributed by atoms with Crippen LogP contribution in [0.25, 0.3) is 0 Å². The topological polar surface area (TPSA) is 74.3 Å². The highest BCUT2D eigenvalue weighted by molar-refractivity contribution is 5.81. The fraction of sp³-hybridized carbons (Fsp3) is 0.632. The minimum absolute atomic E-state index is 0.0446. The largest absolute Gasteiger partial charge is 0.370 e. The normalized spacial score (nSPS) is 18.6. The molecule has 2 aliphatic heterocycles. The molecule has 25 heavy (non-hydrogen) atoms. The molecular formula is C19H28N4O2. The van der Waals surface area contributed by atoms with Gasteiger partial charge in [-0.05, 0) is 51.2 Å². The van der Waals surface area contributed by atoms with Gasteiger partial charge in [-0.25, -0.2) is 4.98 Å². The van der Waals surface area contributed by atoms with E-state index in [1.807, 2.05) is 6.92 Å². The van der Waals surface area contributed by atoms with Gasteiger partial charge in [0.15, 0.2) is 0 Å². The van der Waals surface area contributed by atoms with Crippen LogP contribution in [0.3, 0.4) is 0 Å². The molecule has 2 aliphatic rings. The van der Waals surface area contributed by atoms with Crippen molar-refractivity contribution >= 4 is 17.5 Å². The minimum atomic E-state index is -0.0446. The van der Waals surface area contributed by atoms with E-state index in [1.54, 1.807) is 6.92 Å². The van der Waals surface area contributed by atoms with Crippen molar-refractivity contribution in [2.45, 2.75) is 58.0 Å². The lowest BCUT2D eigenvalue weighted by Gasteiger charge is -2.42. The number of amides is 1. The number of pyridine rings is 1. The van der Waals surface area contributed by atoms with Crippen LogP contribution in [-0.4, -0.2) is 53.3 Å². The van der Waals surface area contributed by atoms with Gasteiger partial charge in [0.25, 0.3) is 0 Å². The smallest absolute Gasteiger partial charge is 0.220 e. The Morgan fingerprint density at radius 1 is 1.40 bits per heavy atom. The van der Waals surface area contributed by atoms with Crippen LogP contribution in [0.4, 0.5) is 5.82 Å². The molecule has 1 aromatic rings. The number of aryl methyl sites for hydroxylation is 2. The summed E-state index contributed by atoms with van der Waals surface area (Å²) in [6.07, 6.45) is 4.40. The molecule has 6 heteroatoms. The zero-order valence-corrected chi connectivity index (χ0v) is 15.2. The summed E-state index contributed by atoms with van der Waals surface area (Å²) >= 11 is 0. The number of nitrogens with one attached hydrogen (secondary N) is 2. The van der Waals surface area contributed by atoms with Crippen molar-refractivity contribution in [3.63, 3.8) is 0 Å². The predicted octanol–water partition coefficient (Wildman–Crippen LogP) is 1.54. The Bertz CT molecular complexity index is 640. The van der Waals surface area contributed by atoms with Gasteiger partial charge in [-0.1, -0.05) is 6.07 Å². The van der Waals surface area contributed by atoms with Crippen LogP contribution in [0, 0.1) is 0 Å². The van der Waals surface area contributed by atoms with E-state index in [9.17, 15) is 9.59 Å². The number of carbonyl (C=O) groups excluding carboxylic acids is 2. The van der Waals surface area contributed by atoms with E-state index in [0.717, 1.165) is 56.8 Å². The second kappa shape index (κ2) is 7.95. The Kier molecular flexibility index (Phi) is 5.68. The van der Waals surface area contributed by atoms with Crippen LogP contribution >= 0.6 is 0 Å². The van der Waals surface area contributed by atoms with Crippen LogP contribution < -0.4 is 10.6 Å². The molecule has 0 aromatic carbocycles. The maximum atomic E-state index is 12.1. The summed E-state index contributed by atoms with van der Waals surface area (Å²) in [7, 11) is 0. The molecule has 1 unspecified atom stereocenters. The molecule has 3 rings (SSSR count). The van der Waals surface area contributed by atoms with Gasteiger partial charge >= 0.3 is 0 Å². The Labute approximate surface area is 149 Å². The predicted molar refractivity (Wildman–Crippen MR) is 97.6 cm³/mol. The molecule has 1 aromatic heterocycles. The molecular weight excluding hydrogens is 316 g/mol. The summed E-state index contributed by atoms with van der Waals surface area (Å²) in [5.41, 5.74) is 2.34. The third kappa shape index (κ3) is 4.57. The number of rotatable bonds is 7. The zero-order valence-electron chi connectivity index (χ0n) is 15.2. The first-order valence-corrected chi connectivity index (χ1v) is 9.29. The third-order valence-electron chi connectivity index (χ3n) is 5.20. The summed E-state index contributed by atoms with van der Waals surface area (Å²) in [5.74, 6) is 1.29. The fourth-order valence-corrected chi connectivity index (χ4v) is 3.42. The average molecular weight is 344 g/mol. The number of Topliss-reactive ketones (excluding diaryl/α,β-unsaturated/α-hetero) is 1. The Hall–Kier alpha value is -1.95. The average Bonchev–Trinajstić information content (AvgIpc) is 2.57. The molecule has 1 fully saturated rings. The summed E-state index contributed by atoms with van der Waals surface area (Å²) in [4.78, 5) is 30.1. The van der Waals surface area contributed by atoms with Crippen molar-refractivity contribution in [1.82, 2.24) is 15.2 Å². The van der Waals surface area contributed by atoms with Crippen LogP contribution in [0.1, 0.15) is 44.4 Å². The zero-order chi connectivity index (χ0) is 17.8. The number of nitrogens with zero attached hydrogens (tertiary/aromatic N) is 2. The van der Waals surface area contributed by atoms with E-state index in [1.165, 1.54) is 5.56 Å². The maximum Gasteiger partial charge on any atom is 0.220 e. The summed E-state index contributed by atoms with van der Waals surface area (Å²) < 4.78 is 0. The molecule has 0 radical (unpaired) electrons. The SMILES string of the molecule is CC(=O)C(C)N1CC(NC(=O)CCCc2ccc3c(n2)NCCC3)C1. The lowest BCUT2D eigenvalue weighted by Crippen LogP contribution is -2.62. The molecule has 0 saturated carbocycles. The highest BCUT2D eigenvalue weighted by Gasteiger charge is 2.32. The molecule has 1 atom stereocenters. The van der Waals surface area contributed by atoms with Crippen LogP contribution in [0.5, 0.6) is 0 Å². The van der Waals surface area contributed by atoms with Gasteiger partial charge in [0.05, 0.1) is 12.1 Å². The number of hydrogen-bond acceptors (Lipinski definition) is 5. The number of ketones is 1. The summed E-state index contributed by atoms with van der Waals surface area (Å²) in [6.45, 7) is 6.06. The lowest BCUT2D eigenvalue weighted by atomic mass is 10.0. The van der Waals surface area contributed by atoms with Crippen molar-refractivity contribution in [2.24, 2.45) is 0 Å². The number of anilines is 1. The van der Waals surface area contributed by atoms with Gasteiger partial charge in [-0.15, -0.1) is 0 Å². The molecule has 2 N–H and O–H groups in total. The Morgan fingerprint density at radius 3 is 2.96 bits per heavy atom. The first-order valence-electron chi connectivity index (χ1n) is 9.29. The molecule has 136 valence electrons. The van der Waals surface area contributed by atoms with E-state index in [2.05, 4.69) is 32.7 Å². The standard InChI is InChI=1S/C19H28N4O2/c1-13(14(2)24)23-11-17(12-23)21-18(25)7-3-6-16-9-8-15-5-4-10-20-19(15)22-16/h8-9,13,17H,3-7,10-12H2,1-2H3,(H,20,22)(H,21,25). The molecule has 3 heterocycles. The van der Waals surface area contributed by atoms with Gasteiger partial charge in [0.2, 0.25) is 5.91 Å². The number of fused-ring (bicyclic) bond motifs is 1. The van der Waals surface area contributed by atoms with Gasteiger partial charge in [0.1, 0.15) is 11.6 Å². The molecule has 0 spiro atoms. The highest BCUT2D eigenvalue weighted by Crippen LogP contribution is 2.20. The Balaban J connectivity index is 1.35. The van der Waals surface area contributed by atoms with Crippen molar-refractivity contribution in [3.8, 4) is 0 Å². The van der Waals surface area contributed by atoms with Gasteiger partial charge in [-0.3, -0.25) is 14.5 Å².